The summed E-state index contributed by atoms with van der Waals surface area (Å²) in [6.45, 7) is 4.51. The van der Waals surface area contributed by atoms with E-state index in [2.05, 4.69) is 10.0 Å². The van der Waals surface area contributed by atoms with Gasteiger partial charge in [0.05, 0.1) is 18.1 Å². The van der Waals surface area contributed by atoms with E-state index in [0.29, 0.717) is 62.8 Å². The van der Waals surface area contributed by atoms with Gasteiger partial charge in [-0.25, -0.2) is 13.1 Å². The van der Waals surface area contributed by atoms with Crippen LogP contribution in [0.3, 0.4) is 0 Å². The summed E-state index contributed by atoms with van der Waals surface area (Å²) in [5.41, 5.74) is 1.68. The molecule has 1 amide bonds. The second kappa shape index (κ2) is 8.48. The van der Waals surface area contributed by atoms with Gasteiger partial charge in [-0.1, -0.05) is 13.0 Å². The van der Waals surface area contributed by atoms with Crippen molar-refractivity contribution in [1.29, 1.82) is 0 Å². The Bertz CT molecular complexity index is 884. The molecule has 1 heterocycles. The molecule has 8 heteroatoms. The summed E-state index contributed by atoms with van der Waals surface area (Å²) in [6, 6.07) is 5.26. The Hall–Kier alpha value is -1.64. The first-order valence-electron chi connectivity index (χ1n) is 11.0. The number of carbonyl (C=O) groups excluding carboxylic acids is 1. The van der Waals surface area contributed by atoms with Gasteiger partial charge in [0.1, 0.15) is 0 Å². The third-order valence-corrected chi connectivity index (χ3v) is 8.37. The molecule has 2 N–H and O–H groups in total. The van der Waals surface area contributed by atoms with Gasteiger partial charge in [0.15, 0.2) is 0 Å². The lowest BCUT2D eigenvalue weighted by Crippen LogP contribution is -2.50. The van der Waals surface area contributed by atoms with Crippen molar-refractivity contribution in [1.82, 2.24) is 9.62 Å². The van der Waals surface area contributed by atoms with Crippen LogP contribution in [0.1, 0.15) is 56.9 Å². The molecular weight excluding hydrogens is 402 g/mol. The molecule has 0 spiro atoms. The first kappa shape index (κ1) is 21.6. The second-order valence-corrected chi connectivity index (χ2v) is 10.8. The maximum absolute atomic E-state index is 13.0. The van der Waals surface area contributed by atoms with Gasteiger partial charge in [0, 0.05) is 37.3 Å². The number of rotatable bonds is 6. The number of nitrogens with one attached hydrogen (secondary N) is 2. The van der Waals surface area contributed by atoms with E-state index in [4.69, 9.17) is 4.74 Å². The average Bonchev–Trinajstić information content (AvgIpc) is 3.60. The molecule has 1 aliphatic heterocycles. The van der Waals surface area contributed by atoms with Gasteiger partial charge in [-0.3, -0.25) is 4.79 Å². The number of carbonyl (C=O) groups is 1. The standard InChI is InChI=1S/C22H33N3O4S/c1-22(21(26)25-11-13-29-14-12-25)9-7-17(8-10-22)24-30(27,28)18-5-6-19(16-3-4-16)20(15-18)23-2/h5-6,15-17,23-24H,3-4,7-14H2,1-2H3. The topological polar surface area (TPSA) is 87.7 Å². The highest BCUT2D eigenvalue weighted by Crippen LogP contribution is 2.44. The van der Waals surface area contributed by atoms with E-state index in [-0.39, 0.29) is 11.9 Å². The quantitative estimate of drug-likeness (QED) is 0.717. The fourth-order valence-electron chi connectivity index (χ4n) is 4.69. The average molecular weight is 436 g/mol. The van der Waals surface area contributed by atoms with Crippen LogP contribution in [0.4, 0.5) is 5.69 Å². The summed E-state index contributed by atoms with van der Waals surface area (Å²) in [5, 5.41) is 3.14. The molecule has 0 aromatic heterocycles. The van der Waals surface area contributed by atoms with Crippen molar-refractivity contribution < 1.29 is 17.9 Å². The van der Waals surface area contributed by atoms with E-state index in [1.165, 1.54) is 18.4 Å². The third-order valence-electron chi connectivity index (χ3n) is 6.85. The Morgan fingerprint density at radius 2 is 1.80 bits per heavy atom. The largest absolute Gasteiger partial charge is 0.388 e. The molecule has 166 valence electrons. The van der Waals surface area contributed by atoms with Crippen molar-refractivity contribution in [3.8, 4) is 0 Å². The van der Waals surface area contributed by atoms with Crippen molar-refractivity contribution >= 4 is 21.6 Å². The maximum atomic E-state index is 13.0. The SMILES string of the molecule is CNc1cc(S(=O)(=O)NC2CCC(C)(C(=O)N3CCOCC3)CC2)ccc1C1CC1. The summed E-state index contributed by atoms with van der Waals surface area (Å²) in [6.07, 6.45) is 5.07. The molecule has 0 bridgehead atoms. The molecule has 1 saturated heterocycles. The first-order chi connectivity index (χ1) is 14.3. The van der Waals surface area contributed by atoms with Crippen LogP contribution in [0.15, 0.2) is 23.1 Å². The molecule has 0 radical (unpaired) electrons. The monoisotopic (exact) mass is 435 g/mol. The molecule has 3 fully saturated rings. The predicted molar refractivity (Wildman–Crippen MR) is 116 cm³/mol. The number of benzene rings is 1. The molecule has 1 aromatic carbocycles. The fraction of sp³-hybridized carbons (Fsp3) is 0.682. The van der Waals surface area contributed by atoms with Crippen LogP contribution < -0.4 is 10.0 Å². The normalized spacial score (nSPS) is 27.7. The molecule has 7 nitrogen and oxygen atoms in total. The van der Waals surface area contributed by atoms with Crippen molar-refractivity contribution in [3.63, 3.8) is 0 Å². The molecular formula is C22H33N3O4S. The number of ether oxygens (including phenoxy) is 1. The van der Waals surface area contributed by atoms with E-state index >= 15 is 0 Å². The fourth-order valence-corrected chi connectivity index (χ4v) is 6.02. The minimum atomic E-state index is -3.59. The first-order valence-corrected chi connectivity index (χ1v) is 12.5. The van der Waals surface area contributed by atoms with Crippen molar-refractivity contribution in [2.24, 2.45) is 5.41 Å². The number of anilines is 1. The van der Waals surface area contributed by atoms with Gasteiger partial charge < -0.3 is 15.0 Å². The van der Waals surface area contributed by atoms with Gasteiger partial charge in [-0.15, -0.1) is 0 Å². The highest BCUT2D eigenvalue weighted by atomic mass is 32.2. The van der Waals surface area contributed by atoms with E-state index in [1.54, 1.807) is 12.1 Å². The number of nitrogens with zero attached hydrogens (tertiary/aromatic N) is 1. The lowest BCUT2D eigenvalue weighted by atomic mass is 9.73. The molecule has 2 saturated carbocycles. The minimum Gasteiger partial charge on any atom is -0.388 e. The van der Waals surface area contributed by atoms with E-state index < -0.39 is 15.4 Å². The predicted octanol–water partition coefficient (Wildman–Crippen LogP) is 2.69. The maximum Gasteiger partial charge on any atom is 0.240 e. The van der Waals surface area contributed by atoms with Gasteiger partial charge >= 0.3 is 0 Å². The van der Waals surface area contributed by atoms with E-state index in [9.17, 15) is 13.2 Å². The number of hydrogen-bond acceptors (Lipinski definition) is 5. The molecule has 30 heavy (non-hydrogen) atoms. The van der Waals surface area contributed by atoms with Crippen LogP contribution in [-0.4, -0.2) is 58.6 Å². The smallest absolute Gasteiger partial charge is 0.240 e. The lowest BCUT2D eigenvalue weighted by Gasteiger charge is -2.40. The summed E-state index contributed by atoms with van der Waals surface area (Å²) in [5.74, 6) is 0.735. The molecule has 1 aromatic rings. The van der Waals surface area contributed by atoms with Crippen LogP contribution in [-0.2, 0) is 19.6 Å². The Kier molecular flexibility index (Phi) is 6.10. The highest BCUT2D eigenvalue weighted by molar-refractivity contribution is 7.89. The Balaban J connectivity index is 1.38. The molecule has 0 atom stereocenters. The van der Waals surface area contributed by atoms with Crippen LogP contribution >= 0.6 is 0 Å². The Labute approximate surface area is 179 Å². The molecule has 3 aliphatic rings. The third kappa shape index (κ3) is 4.50. The minimum absolute atomic E-state index is 0.137. The highest BCUT2D eigenvalue weighted by Gasteiger charge is 2.41. The lowest BCUT2D eigenvalue weighted by molar-refractivity contribution is -0.147. The summed E-state index contributed by atoms with van der Waals surface area (Å²) in [4.78, 5) is 15.2. The van der Waals surface area contributed by atoms with Crippen molar-refractivity contribution in [3.05, 3.63) is 23.8 Å². The number of morpholine rings is 1. The Morgan fingerprint density at radius 1 is 1.13 bits per heavy atom. The van der Waals surface area contributed by atoms with Gasteiger partial charge in [0.2, 0.25) is 15.9 Å². The van der Waals surface area contributed by atoms with Crippen LogP contribution in [0.2, 0.25) is 0 Å². The molecule has 0 unspecified atom stereocenters. The summed E-state index contributed by atoms with van der Waals surface area (Å²) in [7, 11) is -1.76. The zero-order valence-corrected chi connectivity index (χ0v) is 18.8. The van der Waals surface area contributed by atoms with E-state index in [0.717, 1.165) is 5.69 Å². The molecule has 2 aliphatic carbocycles. The molecule has 4 rings (SSSR count). The van der Waals surface area contributed by atoms with Gasteiger partial charge in [-0.05, 0) is 62.1 Å². The zero-order valence-electron chi connectivity index (χ0n) is 17.9. The summed E-state index contributed by atoms with van der Waals surface area (Å²) >= 11 is 0. The van der Waals surface area contributed by atoms with Crippen LogP contribution in [0.5, 0.6) is 0 Å². The second-order valence-electron chi connectivity index (χ2n) is 9.13. The zero-order chi connectivity index (χ0) is 21.4. The van der Waals surface area contributed by atoms with E-state index in [1.807, 2.05) is 24.9 Å². The summed E-state index contributed by atoms with van der Waals surface area (Å²) < 4.78 is 34.2. The van der Waals surface area contributed by atoms with Crippen LogP contribution in [0, 0.1) is 5.41 Å². The number of sulfonamides is 1. The van der Waals surface area contributed by atoms with Gasteiger partial charge in [0.25, 0.3) is 0 Å². The van der Waals surface area contributed by atoms with Crippen molar-refractivity contribution in [2.45, 2.75) is 62.3 Å². The van der Waals surface area contributed by atoms with Crippen LogP contribution in [0.25, 0.3) is 0 Å². The number of amides is 1. The number of hydrogen-bond donors (Lipinski definition) is 2. The Morgan fingerprint density at radius 3 is 2.40 bits per heavy atom. The van der Waals surface area contributed by atoms with Gasteiger partial charge in [-0.2, -0.15) is 0 Å². The van der Waals surface area contributed by atoms with Crippen molar-refractivity contribution in [2.75, 3.05) is 38.7 Å².